The molecule has 4 rings (SSSR count). The van der Waals surface area contributed by atoms with Crippen molar-refractivity contribution >= 4 is 27.5 Å². The van der Waals surface area contributed by atoms with E-state index in [4.69, 9.17) is 4.74 Å². The Bertz CT molecular complexity index is 1520. The van der Waals surface area contributed by atoms with E-state index in [-0.39, 0.29) is 40.4 Å². The molecule has 10 heteroatoms. The smallest absolute Gasteiger partial charge is 0.264 e. The average Bonchev–Trinajstić information content (AvgIpc) is 3.48. The molecule has 1 aliphatic carbocycles. The first-order valence-corrected chi connectivity index (χ1v) is 15.5. The lowest BCUT2D eigenvalue weighted by Crippen LogP contribution is -2.52. The van der Waals surface area contributed by atoms with Crippen LogP contribution in [0.5, 0.6) is 5.75 Å². The van der Waals surface area contributed by atoms with E-state index in [0.717, 1.165) is 41.1 Å². The van der Waals surface area contributed by atoms with Crippen molar-refractivity contribution in [3.8, 4) is 5.75 Å². The first kappa shape index (κ1) is 31.0. The van der Waals surface area contributed by atoms with Crippen LogP contribution in [0.4, 0.5) is 10.1 Å². The van der Waals surface area contributed by atoms with Gasteiger partial charge in [-0.05, 0) is 69.5 Å². The second kappa shape index (κ2) is 13.4. The number of nitrogens with one attached hydrogen (secondary N) is 1. The third kappa shape index (κ3) is 7.10. The summed E-state index contributed by atoms with van der Waals surface area (Å²) in [6.07, 6.45) is 3.74. The van der Waals surface area contributed by atoms with E-state index < -0.39 is 34.3 Å². The van der Waals surface area contributed by atoms with Gasteiger partial charge in [-0.2, -0.15) is 0 Å². The van der Waals surface area contributed by atoms with Crippen LogP contribution in [0.2, 0.25) is 0 Å². The van der Waals surface area contributed by atoms with E-state index in [1.807, 2.05) is 6.92 Å². The molecule has 0 radical (unpaired) electrons. The zero-order valence-corrected chi connectivity index (χ0v) is 25.3. The highest BCUT2D eigenvalue weighted by atomic mass is 32.2. The number of rotatable bonds is 11. The van der Waals surface area contributed by atoms with E-state index >= 15 is 0 Å². The molecule has 0 aliphatic heterocycles. The first-order valence-electron chi connectivity index (χ1n) is 14.1. The molecule has 0 heterocycles. The second-order valence-corrected chi connectivity index (χ2v) is 12.6. The number of benzene rings is 3. The maximum absolute atomic E-state index is 14.8. The number of methoxy groups -OCH3 is 1. The van der Waals surface area contributed by atoms with Gasteiger partial charge in [0.2, 0.25) is 11.8 Å². The molecule has 1 atom stereocenters. The highest BCUT2D eigenvalue weighted by molar-refractivity contribution is 7.92. The van der Waals surface area contributed by atoms with Crippen molar-refractivity contribution in [1.82, 2.24) is 10.2 Å². The Kier molecular flexibility index (Phi) is 9.88. The van der Waals surface area contributed by atoms with Crippen LogP contribution in [0.25, 0.3) is 0 Å². The molecule has 42 heavy (non-hydrogen) atoms. The maximum Gasteiger partial charge on any atom is 0.264 e. The number of carbonyl (C=O) groups excluding carboxylic acids is 2. The summed E-state index contributed by atoms with van der Waals surface area (Å²) in [5.41, 5.74) is 2.03. The number of hydrogen-bond acceptors (Lipinski definition) is 5. The molecule has 1 aliphatic rings. The number of amides is 2. The molecule has 224 valence electrons. The van der Waals surface area contributed by atoms with Crippen molar-refractivity contribution < 1.29 is 27.1 Å². The van der Waals surface area contributed by atoms with Gasteiger partial charge in [0.1, 0.15) is 24.2 Å². The molecule has 2 amide bonds. The van der Waals surface area contributed by atoms with Gasteiger partial charge in [-0.15, -0.1) is 0 Å². The topological polar surface area (TPSA) is 96.0 Å². The third-order valence-corrected chi connectivity index (χ3v) is 9.43. The normalized spacial score (nSPS) is 14.3. The zero-order chi connectivity index (χ0) is 30.4. The SMILES string of the molecule is COc1ccc(C)cc1N(CC(=O)N(Cc1ccccc1F)[C@H](C)C(=O)NC1CCCC1)S(=O)(=O)c1ccc(C)cc1. The molecule has 0 bridgehead atoms. The summed E-state index contributed by atoms with van der Waals surface area (Å²) in [7, 11) is -2.84. The fourth-order valence-corrected chi connectivity index (χ4v) is 6.55. The molecule has 1 N–H and O–H groups in total. The van der Waals surface area contributed by atoms with Crippen LogP contribution < -0.4 is 14.4 Å². The van der Waals surface area contributed by atoms with Gasteiger partial charge in [-0.1, -0.05) is 54.8 Å². The lowest BCUT2D eigenvalue weighted by atomic mass is 10.1. The van der Waals surface area contributed by atoms with Gasteiger partial charge in [0.05, 0.1) is 17.7 Å². The Balaban J connectivity index is 1.75. The van der Waals surface area contributed by atoms with Crippen LogP contribution in [0, 0.1) is 19.7 Å². The van der Waals surface area contributed by atoms with E-state index in [2.05, 4.69) is 5.32 Å². The van der Waals surface area contributed by atoms with Gasteiger partial charge in [0, 0.05) is 18.2 Å². The number of nitrogens with zero attached hydrogens (tertiary/aromatic N) is 2. The van der Waals surface area contributed by atoms with Crippen LogP contribution in [0.1, 0.15) is 49.3 Å². The summed E-state index contributed by atoms with van der Waals surface area (Å²) >= 11 is 0. The van der Waals surface area contributed by atoms with Crippen molar-refractivity contribution in [2.24, 2.45) is 0 Å². The molecular formula is C32H38FN3O5S. The summed E-state index contributed by atoms with van der Waals surface area (Å²) in [6.45, 7) is 4.38. The molecule has 0 saturated heterocycles. The van der Waals surface area contributed by atoms with Gasteiger partial charge >= 0.3 is 0 Å². The summed E-state index contributed by atoms with van der Waals surface area (Å²) in [5, 5.41) is 3.01. The quantitative estimate of drug-likeness (QED) is 0.332. The number of hydrogen-bond donors (Lipinski definition) is 1. The Morgan fingerprint density at radius 2 is 1.64 bits per heavy atom. The number of halogens is 1. The lowest BCUT2D eigenvalue weighted by molar-refractivity contribution is -0.139. The summed E-state index contributed by atoms with van der Waals surface area (Å²) < 4.78 is 49.4. The number of sulfonamides is 1. The fraction of sp³-hybridized carbons (Fsp3) is 0.375. The van der Waals surface area contributed by atoms with E-state index in [9.17, 15) is 22.4 Å². The highest BCUT2D eigenvalue weighted by Crippen LogP contribution is 2.34. The molecule has 3 aromatic carbocycles. The van der Waals surface area contributed by atoms with Crippen LogP contribution in [0.15, 0.2) is 71.6 Å². The molecule has 3 aromatic rings. The van der Waals surface area contributed by atoms with Crippen LogP contribution >= 0.6 is 0 Å². The van der Waals surface area contributed by atoms with Crippen molar-refractivity contribution in [1.29, 1.82) is 0 Å². The first-order chi connectivity index (χ1) is 20.0. The van der Waals surface area contributed by atoms with Gasteiger partial charge in [0.25, 0.3) is 10.0 Å². The Hall–Kier alpha value is -3.92. The Morgan fingerprint density at radius 3 is 2.29 bits per heavy atom. The minimum atomic E-state index is -4.26. The number of aryl methyl sites for hydroxylation is 2. The highest BCUT2D eigenvalue weighted by Gasteiger charge is 2.34. The Morgan fingerprint density at radius 1 is 1.00 bits per heavy atom. The number of ether oxygens (including phenoxy) is 1. The minimum Gasteiger partial charge on any atom is -0.495 e. The van der Waals surface area contributed by atoms with Crippen molar-refractivity contribution in [3.05, 3.63) is 89.2 Å². The molecule has 1 saturated carbocycles. The standard InChI is InChI=1S/C32H38FN3O5S/c1-22-13-16-27(17-14-22)42(39,40)36(29-19-23(2)15-18-30(29)41-4)21-31(37)35(20-25-9-5-8-12-28(25)33)24(3)32(38)34-26-10-6-7-11-26/h5,8-9,12-19,24,26H,6-7,10-11,20-21H2,1-4H3,(H,34,38)/t24-/m1/s1. The molecule has 0 unspecified atom stereocenters. The van der Waals surface area contributed by atoms with E-state index in [1.54, 1.807) is 62.4 Å². The fourth-order valence-electron chi connectivity index (χ4n) is 5.13. The summed E-state index contributed by atoms with van der Waals surface area (Å²) in [5.74, 6) is -1.29. The number of carbonyl (C=O) groups is 2. The van der Waals surface area contributed by atoms with Gasteiger partial charge < -0.3 is 15.0 Å². The largest absolute Gasteiger partial charge is 0.495 e. The molecule has 1 fully saturated rings. The van der Waals surface area contributed by atoms with E-state index in [1.165, 1.54) is 30.2 Å². The van der Waals surface area contributed by atoms with Crippen molar-refractivity contribution in [2.45, 2.75) is 70.0 Å². The monoisotopic (exact) mass is 595 g/mol. The predicted molar refractivity (Wildman–Crippen MR) is 160 cm³/mol. The number of anilines is 1. The van der Waals surface area contributed by atoms with Crippen LogP contribution in [-0.4, -0.2) is 50.9 Å². The zero-order valence-electron chi connectivity index (χ0n) is 24.5. The van der Waals surface area contributed by atoms with Crippen LogP contribution in [0.3, 0.4) is 0 Å². The van der Waals surface area contributed by atoms with Crippen molar-refractivity contribution in [2.75, 3.05) is 18.0 Å². The molecule has 0 aromatic heterocycles. The molecular weight excluding hydrogens is 557 g/mol. The lowest BCUT2D eigenvalue weighted by Gasteiger charge is -2.33. The summed E-state index contributed by atoms with van der Waals surface area (Å²) in [6, 6.07) is 16.4. The van der Waals surface area contributed by atoms with Gasteiger partial charge in [0.15, 0.2) is 0 Å². The molecule has 0 spiro atoms. The third-order valence-electron chi connectivity index (χ3n) is 7.66. The maximum atomic E-state index is 14.8. The minimum absolute atomic E-state index is 0.00265. The van der Waals surface area contributed by atoms with Gasteiger partial charge in [-0.25, -0.2) is 12.8 Å². The summed E-state index contributed by atoms with van der Waals surface area (Å²) in [4.78, 5) is 28.7. The average molecular weight is 596 g/mol. The van der Waals surface area contributed by atoms with E-state index in [0.29, 0.717) is 0 Å². The van der Waals surface area contributed by atoms with Crippen molar-refractivity contribution in [3.63, 3.8) is 0 Å². The molecule has 8 nitrogen and oxygen atoms in total. The predicted octanol–water partition coefficient (Wildman–Crippen LogP) is 5.12. The van der Waals surface area contributed by atoms with Crippen LogP contribution in [-0.2, 0) is 26.2 Å². The second-order valence-electron chi connectivity index (χ2n) is 10.8. The Labute approximate surface area is 247 Å². The van der Waals surface area contributed by atoms with Gasteiger partial charge in [-0.3, -0.25) is 13.9 Å².